The van der Waals surface area contributed by atoms with Crippen LogP contribution in [0.15, 0.2) is 42.6 Å². The molecule has 7 heteroatoms. The van der Waals surface area contributed by atoms with Crippen molar-refractivity contribution in [3.05, 3.63) is 48.2 Å². The molecule has 1 aromatic carbocycles. The predicted molar refractivity (Wildman–Crippen MR) is 64.9 cm³/mol. The van der Waals surface area contributed by atoms with Crippen LogP contribution in [-0.4, -0.2) is 29.1 Å². The molecule has 0 bridgehead atoms. The van der Waals surface area contributed by atoms with Crippen molar-refractivity contribution in [2.24, 2.45) is 0 Å². The summed E-state index contributed by atoms with van der Waals surface area (Å²) in [6.07, 6.45) is -3.91. The minimum absolute atomic E-state index is 0.0840. The zero-order valence-corrected chi connectivity index (χ0v) is 10.2. The van der Waals surface area contributed by atoms with Gasteiger partial charge in [0.25, 0.3) is 5.78 Å². The summed E-state index contributed by atoms with van der Waals surface area (Å²) in [4.78, 5) is 21.5. The van der Waals surface area contributed by atoms with Gasteiger partial charge in [0, 0.05) is 18.7 Å². The fourth-order valence-corrected chi connectivity index (χ4v) is 1.40. The van der Waals surface area contributed by atoms with Crippen LogP contribution >= 0.6 is 0 Å². The molecular formula is C13H12F3NO3. The molecule has 1 unspecified atom stereocenters. The summed E-state index contributed by atoms with van der Waals surface area (Å²) >= 11 is 0. The third kappa shape index (κ3) is 5.13. The molecule has 0 aliphatic carbocycles. The first-order valence-corrected chi connectivity index (χ1v) is 5.61. The summed E-state index contributed by atoms with van der Waals surface area (Å²) < 4.78 is 35.8. The van der Waals surface area contributed by atoms with Gasteiger partial charge in [0.05, 0.1) is 0 Å². The van der Waals surface area contributed by atoms with Crippen molar-refractivity contribution in [3.63, 3.8) is 0 Å². The maximum Gasteiger partial charge on any atom is 0.454 e. The molecule has 0 heterocycles. The third-order valence-corrected chi connectivity index (χ3v) is 2.39. The van der Waals surface area contributed by atoms with E-state index >= 15 is 0 Å². The number of allylic oxidation sites excluding steroid dienone is 1. The standard InChI is InChI=1S/C13H12F3NO3/c14-13(15,16)11(18)6-7-17-10(12(19)20)8-9-4-2-1-3-5-9/h1-7,10,17H,8H2,(H,19,20)/b7-6+. The van der Waals surface area contributed by atoms with E-state index in [1.54, 1.807) is 30.3 Å². The monoisotopic (exact) mass is 287 g/mol. The normalized spacial score (nSPS) is 13.2. The number of hydrogen-bond donors (Lipinski definition) is 2. The van der Waals surface area contributed by atoms with E-state index in [2.05, 4.69) is 5.32 Å². The molecule has 2 N–H and O–H groups in total. The molecule has 108 valence electrons. The summed E-state index contributed by atoms with van der Waals surface area (Å²) in [5, 5.41) is 11.2. The van der Waals surface area contributed by atoms with Gasteiger partial charge in [-0.2, -0.15) is 13.2 Å². The highest BCUT2D eigenvalue weighted by Gasteiger charge is 2.36. The third-order valence-electron chi connectivity index (χ3n) is 2.39. The maximum absolute atomic E-state index is 11.9. The van der Waals surface area contributed by atoms with Crippen LogP contribution in [0.4, 0.5) is 13.2 Å². The van der Waals surface area contributed by atoms with E-state index in [1.165, 1.54) is 0 Å². The SMILES string of the molecule is O=C(O)C(Cc1ccccc1)N/C=C/C(=O)C(F)(F)F. The molecular weight excluding hydrogens is 275 g/mol. The van der Waals surface area contributed by atoms with Crippen LogP contribution in [0.2, 0.25) is 0 Å². The minimum atomic E-state index is -4.96. The lowest BCUT2D eigenvalue weighted by molar-refractivity contribution is -0.165. The van der Waals surface area contributed by atoms with Gasteiger partial charge in [-0.1, -0.05) is 30.3 Å². The molecule has 0 aliphatic heterocycles. The Bertz CT molecular complexity index is 497. The zero-order chi connectivity index (χ0) is 15.2. The Morgan fingerprint density at radius 2 is 1.85 bits per heavy atom. The zero-order valence-electron chi connectivity index (χ0n) is 10.2. The van der Waals surface area contributed by atoms with Gasteiger partial charge >= 0.3 is 12.1 Å². The van der Waals surface area contributed by atoms with Gasteiger partial charge in [0.1, 0.15) is 6.04 Å². The van der Waals surface area contributed by atoms with E-state index in [1.807, 2.05) is 0 Å². The van der Waals surface area contributed by atoms with Crippen LogP contribution in [-0.2, 0) is 16.0 Å². The number of hydrogen-bond acceptors (Lipinski definition) is 3. The van der Waals surface area contributed by atoms with Crippen LogP contribution in [0, 0.1) is 0 Å². The predicted octanol–water partition coefficient (Wildman–Crippen LogP) is 1.92. The highest BCUT2D eigenvalue weighted by Crippen LogP contribution is 2.16. The smallest absolute Gasteiger partial charge is 0.454 e. The highest BCUT2D eigenvalue weighted by atomic mass is 19.4. The van der Waals surface area contributed by atoms with Crippen LogP contribution in [0.5, 0.6) is 0 Å². The maximum atomic E-state index is 11.9. The summed E-state index contributed by atoms with van der Waals surface area (Å²) in [7, 11) is 0. The molecule has 1 atom stereocenters. The van der Waals surface area contributed by atoms with Gasteiger partial charge in [-0.25, -0.2) is 4.79 Å². The molecule has 0 spiro atoms. The molecule has 1 rings (SSSR count). The molecule has 20 heavy (non-hydrogen) atoms. The summed E-state index contributed by atoms with van der Waals surface area (Å²) in [6, 6.07) is 7.47. The number of rotatable bonds is 6. The number of carbonyl (C=O) groups is 2. The average molecular weight is 287 g/mol. The number of alkyl halides is 3. The fraction of sp³-hybridized carbons (Fsp3) is 0.231. The van der Waals surface area contributed by atoms with E-state index < -0.39 is 24.0 Å². The van der Waals surface area contributed by atoms with E-state index in [0.717, 1.165) is 0 Å². The molecule has 4 nitrogen and oxygen atoms in total. The second-order valence-electron chi connectivity index (χ2n) is 3.94. The van der Waals surface area contributed by atoms with Crippen LogP contribution in [0.3, 0.4) is 0 Å². The van der Waals surface area contributed by atoms with Crippen molar-refractivity contribution < 1.29 is 27.9 Å². The molecule has 0 saturated carbocycles. The van der Waals surface area contributed by atoms with Crippen molar-refractivity contribution in [3.8, 4) is 0 Å². The number of benzene rings is 1. The van der Waals surface area contributed by atoms with E-state index in [0.29, 0.717) is 11.8 Å². The lowest BCUT2D eigenvalue weighted by atomic mass is 10.1. The van der Waals surface area contributed by atoms with Crippen LogP contribution < -0.4 is 5.32 Å². The Hall–Kier alpha value is -2.31. The van der Waals surface area contributed by atoms with Gasteiger partial charge in [0.2, 0.25) is 0 Å². The Morgan fingerprint density at radius 3 is 2.35 bits per heavy atom. The van der Waals surface area contributed by atoms with Crippen molar-refractivity contribution in [1.29, 1.82) is 0 Å². The summed E-state index contributed by atoms with van der Waals surface area (Å²) in [6.45, 7) is 0. The highest BCUT2D eigenvalue weighted by molar-refractivity contribution is 5.94. The van der Waals surface area contributed by atoms with Gasteiger partial charge in [-0.15, -0.1) is 0 Å². The lowest BCUT2D eigenvalue weighted by Crippen LogP contribution is -2.35. The number of ketones is 1. The van der Waals surface area contributed by atoms with Gasteiger partial charge in [-0.05, 0) is 5.56 Å². The Kier molecular flexibility index (Phi) is 5.31. The Morgan fingerprint density at radius 1 is 1.25 bits per heavy atom. The van der Waals surface area contributed by atoms with E-state index in [9.17, 15) is 22.8 Å². The second kappa shape index (κ2) is 6.74. The van der Waals surface area contributed by atoms with Gasteiger partial charge < -0.3 is 10.4 Å². The Labute approximate surface area is 112 Å². The Balaban J connectivity index is 2.63. The van der Waals surface area contributed by atoms with Crippen LogP contribution in [0.1, 0.15) is 5.56 Å². The van der Waals surface area contributed by atoms with Crippen LogP contribution in [0.25, 0.3) is 0 Å². The molecule has 0 radical (unpaired) electrons. The number of carboxylic acids is 1. The second-order valence-corrected chi connectivity index (χ2v) is 3.94. The molecule has 0 aliphatic rings. The number of nitrogens with one attached hydrogen (secondary N) is 1. The average Bonchev–Trinajstić information content (AvgIpc) is 2.37. The van der Waals surface area contributed by atoms with Crippen molar-refractivity contribution in [2.75, 3.05) is 0 Å². The molecule has 0 amide bonds. The number of carboxylic acid groups (broad SMARTS) is 1. The number of aliphatic carboxylic acids is 1. The van der Waals surface area contributed by atoms with Gasteiger partial charge in [0.15, 0.2) is 0 Å². The first-order chi connectivity index (χ1) is 9.30. The quantitative estimate of drug-likeness (QED) is 0.784. The lowest BCUT2D eigenvalue weighted by Gasteiger charge is -2.12. The number of carbonyl (C=O) groups excluding carboxylic acids is 1. The number of halogens is 3. The van der Waals surface area contributed by atoms with E-state index in [-0.39, 0.29) is 12.5 Å². The molecule has 0 fully saturated rings. The van der Waals surface area contributed by atoms with Crippen molar-refractivity contribution in [1.82, 2.24) is 5.32 Å². The van der Waals surface area contributed by atoms with Crippen molar-refractivity contribution in [2.45, 2.75) is 18.6 Å². The summed E-state index contributed by atoms with van der Waals surface area (Å²) in [5.74, 6) is -3.27. The molecule has 0 saturated heterocycles. The molecule has 1 aromatic rings. The topological polar surface area (TPSA) is 66.4 Å². The first-order valence-electron chi connectivity index (χ1n) is 5.61. The largest absolute Gasteiger partial charge is 0.480 e. The van der Waals surface area contributed by atoms with E-state index in [4.69, 9.17) is 5.11 Å². The summed E-state index contributed by atoms with van der Waals surface area (Å²) in [5.41, 5.74) is 0.711. The minimum Gasteiger partial charge on any atom is -0.480 e. The molecule has 0 aromatic heterocycles. The first kappa shape index (κ1) is 15.7. The fourth-order valence-electron chi connectivity index (χ4n) is 1.40. The van der Waals surface area contributed by atoms with Crippen molar-refractivity contribution >= 4 is 11.8 Å². The van der Waals surface area contributed by atoms with Gasteiger partial charge in [-0.3, -0.25) is 4.79 Å².